The molecule has 2 rings (SSSR count). The summed E-state index contributed by atoms with van der Waals surface area (Å²) in [6, 6.07) is 8.57. The molecule has 3 N–H and O–H groups in total. The Balaban J connectivity index is 2.47. The number of hydrogen-bond donors (Lipinski definition) is 2. The number of rotatable bonds is 4. The highest BCUT2D eigenvalue weighted by molar-refractivity contribution is 9.10. The summed E-state index contributed by atoms with van der Waals surface area (Å²) in [4.78, 5) is 23.1. The molecular formula is C15H11BrFNO3. The van der Waals surface area contributed by atoms with Crippen LogP contribution in [0.5, 0.6) is 0 Å². The van der Waals surface area contributed by atoms with Crippen molar-refractivity contribution in [2.45, 2.75) is 6.42 Å². The minimum atomic E-state index is -1.14. The van der Waals surface area contributed by atoms with Gasteiger partial charge in [-0.3, -0.25) is 9.59 Å². The number of aliphatic carboxylic acids is 1. The monoisotopic (exact) mass is 351 g/mol. The van der Waals surface area contributed by atoms with Gasteiger partial charge in [-0.25, -0.2) is 4.39 Å². The molecule has 4 nitrogen and oxygen atoms in total. The summed E-state index contributed by atoms with van der Waals surface area (Å²) in [5.74, 6) is -2.29. The van der Waals surface area contributed by atoms with Crippen LogP contribution in [0.1, 0.15) is 21.5 Å². The number of nitrogen functional groups attached to an aromatic ring is 1. The molecule has 2 aromatic carbocycles. The molecule has 0 aromatic heterocycles. The summed E-state index contributed by atoms with van der Waals surface area (Å²) in [5, 5.41) is 8.79. The maximum absolute atomic E-state index is 13.6. The number of carbonyl (C=O) groups is 2. The SMILES string of the molecule is Nc1c(CC(=O)O)cc(F)cc1C(=O)c1ccc(Br)cc1. The summed E-state index contributed by atoms with van der Waals surface area (Å²) in [5.41, 5.74) is 6.20. The average Bonchev–Trinajstić information content (AvgIpc) is 2.42. The molecule has 0 atom stereocenters. The highest BCUT2D eigenvalue weighted by atomic mass is 79.9. The van der Waals surface area contributed by atoms with Gasteiger partial charge < -0.3 is 10.8 Å². The van der Waals surface area contributed by atoms with E-state index in [2.05, 4.69) is 15.9 Å². The Hall–Kier alpha value is -2.21. The van der Waals surface area contributed by atoms with Crippen molar-refractivity contribution in [2.75, 3.05) is 5.73 Å². The first kappa shape index (κ1) is 15.2. The number of nitrogens with two attached hydrogens (primary N) is 1. The zero-order valence-corrected chi connectivity index (χ0v) is 12.4. The lowest BCUT2D eigenvalue weighted by atomic mass is 9.97. The minimum absolute atomic E-state index is 0.00767. The lowest BCUT2D eigenvalue weighted by Crippen LogP contribution is -2.11. The van der Waals surface area contributed by atoms with Crippen LogP contribution in [0.2, 0.25) is 0 Å². The third-order valence-corrected chi connectivity index (χ3v) is 3.45. The second kappa shape index (κ2) is 6.05. The summed E-state index contributed by atoms with van der Waals surface area (Å²) in [6.45, 7) is 0. The molecule has 21 heavy (non-hydrogen) atoms. The number of halogens is 2. The van der Waals surface area contributed by atoms with Crippen LogP contribution >= 0.6 is 15.9 Å². The fraction of sp³-hybridized carbons (Fsp3) is 0.0667. The predicted octanol–water partition coefficient (Wildman–Crippen LogP) is 3.03. The van der Waals surface area contributed by atoms with Gasteiger partial charge in [0, 0.05) is 21.3 Å². The van der Waals surface area contributed by atoms with Gasteiger partial charge in [-0.1, -0.05) is 15.9 Å². The summed E-state index contributed by atoms with van der Waals surface area (Å²) < 4.78 is 14.4. The van der Waals surface area contributed by atoms with Crippen molar-refractivity contribution >= 4 is 33.4 Å². The van der Waals surface area contributed by atoms with Gasteiger partial charge in [0.05, 0.1) is 6.42 Å². The molecule has 6 heteroatoms. The molecule has 0 bridgehead atoms. The zero-order valence-electron chi connectivity index (χ0n) is 10.8. The predicted molar refractivity (Wildman–Crippen MR) is 79.7 cm³/mol. The van der Waals surface area contributed by atoms with E-state index in [0.717, 1.165) is 16.6 Å². The van der Waals surface area contributed by atoms with Crippen LogP contribution in [0.25, 0.3) is 0 Å². The maximum atomic E-state index is 13.6. The normalized spacial score (nSPS) is 10.4. The average molecular weight is 352 g/mol. The van der Waals surface area contributed by atoms with Crippen LogP contribution in [0.15, 0.2) is 40.9 Å². The van der Waals surface area contributed by atoms with E-state index in [4.69, 9.17) is 10.8 Å². The van der Waals surface area contributed by atoms with Gasteiger partial charge in [0.25, 0.3) is 0 Å². The number of benzene rings is 2. The van der Waals surface area contributed by atoms with E-state index in [1.165, 1.54) is 0 Å². The van der Waals surface area contributed by atoms with Gasteiger partial charge in [0.2, 0.25) is 0 Å². The Bertz CT molecular complexity index is 714. The number of ketones is 1. The number of carboxylic acid groups (broad SMARTS) is 1. The molecule has 0 aliphatic carbocycles. The lowest BCUT2D eigenvalue weighted by Gasteiger charge is -2.10. The molecule has 0 fully saturated rings. The smallest absolute Gasteiger partial charge is 0.307 e. The Morgan fingerprint density at radius 3 is 2.38 bits per heavy atom. The largest absolute Gasteiger partial charge is 0.481 e. The van der Waals surface area contributed by atoms with Crippen LogP contribution in [-0.2, 0) is 11.2 Å². The minimum Gasteiger partial charge on any atom is -0.481 e. The van der Waals surface area contributed by atoms with Crippen LogP contribution in [0.3, 0.4) is 0 Å². The standard InChI is InChI=1S/C15H11BrFNO3/c16-10-3-1-8(2-4-10)15(21)12-7-11(17)5-9(14(12)18)6-13(19)20/h1-5,7H,6,18H2,(H,19,20). The number of carbonyl (C=O) groups excluding carboxylic acids is 1. The van der Waals surface area contributed by atoms with Crippen molar-refractivity contribution in [1.29, 1.82) is 0 Å². The van der Waals surface area contributed by atoms with Crippen molar-refractivity contribution < 1.29 is 19.1 Å². The molecule has 0 unspecified atom stereocenters. The van der Waals surface area contributed by atoms with Gasteiger partial charge in [-0.05, 0) is 42.0 Å². The van der Waals surface area contributed by atoms with Gasteiger partial charge >= 0.3 is 5.97 Å². The molecule has 2 aromatic rings. The maximum Gasteiger partial charge on any atom is 0.307 e. The summed E-state index contributed by atoms with van der Waals surface area (Å²) in [6.07, 6.45) is -0.440. The quantitative estimate of drug-likeness (QED) is 0.655. The van der Waals surface area contributed by atoms with E-state index in [1.807, 2.05) is 0 Å². The molecule has 0 heterocycles. The van der Waals surface area contributed by atoms with Crippen LogP contribution < -0.4 is 5.73 Å². The summed E-state index contributed by atoms with van der Waals surface area (Å²) >= 11 is 3.25. The first-order chi connectivity index (χ1) is 9.88. The first-order valence-corrected chi connectivity index (χ1v) is 6.77. The third-order valence-electron chi connectivity index (χ3n) is 2.92. The summed E-state index contributed by atoms with van der Waals surface area (Å²) in [7, 11) is 0. The van der Waals surface area contributed by atoms with Crippen molar-refractivity contribution in [2.24, 2.45) is 0 Å². The van der Waals surface area contributed by atoms with Gasteiger partial charge in [0.15, 0.2) is 5.78 Å². The van der Waals surface area contributed by atoms with Crippen molar-refractivity contribution in [1.82, 2.24) is 0 Å². The number of anilines is 1. The second-order valence-corrected chi connectivity index (χ2v) is 5.35. The fourth-order valence-electron chi connectivity index (χ4n) is 1.93. The van der Waals surface area contributed by atoms with Crippen molar-refractivity contribution in [3.63, 3.8) is 0 Å². The van der Waals surface area contributed by atoms with E-state index in [1.54, 1.807) is 24.3 Å². The van der Waals surface area contributed by atoms with Gasteiger partial charge in [-0.2, -0.15) is 0 Å². The number of hydrogen-bond acceptors (Lipinski definition) is 3. The molecule has 0 aliphatic heterocycles. The molecule has 0 amide bonds. The molecule has 0 radical (unpaired) electrons. The van der Waals surface area contributed by atoms with Crippen LogP contribution in [0, 0.1) is 5.82 Å². The van der Waals surface area contributed by atoms with Gasteiger partial charge in [0.1, 0.15) is 5.82 Å². The van der Waals surface area contributed by atoms with Gasteiger partial charge in [-0.15, -0.1) is 0 Å². The van der Waals surface area contributed by atoms with E-state index >= 15 is 0 Å². The molecule has 0 aliphatic rings. The van der Waals surface area contributed by atoms with Crippen molar-refractivity contribution in [3.8, 4) is 0 Å². The fourth-order valence-corrected chi connectivity index (χ4v) is 2.19. The Morgan fingerprint density at radius 2 is 1.81 bits per heavy atom. The highest BCUT2D eigenvalue weighted by Crippen LogP contribution is 2.24. The molecule has 0 saturated heterocycles. The van der Waals surface area contributed by atoms with E-state index in [9.17, 15) is 14.0 Å². The molecule has 0 saturated carbocycles. The Kier molecular flexibility index (Phi) is 4.37. The van der Waals surface area contributed by atoms with E-state index < -0.39 is 24.0 Å². The topological polar surface area (TPSA) is 80.4 Å². The molecular weight excluding hydrogens is 341 g/mol. The highest BCUT2D eigenvalue weighted by Gasteiger charge is 2.18. The lowest BCUT2D eigenvalue weighted by molar-refractivity contribution is -0.136. The van der Waals surface area contributed by atoms with E-state index in [-0.39, 0.29) is 16.8 Å². The first-order valence-electron chi connectivity index (χ1n) is 5.98. The van der Waals surface area contributed by atoms with E-state index in [0.29, 0.717) is 5.56 Å². The second-order valence-electron chi connectivity index (χ2n) is 4.43. The van der Waals surface area contributed by atoms with Crippen LogP contribution in [0.4, 0.5) is 10.1 Å². The zero-order chi connectivity index (χ0) is 15.6. The Labute approximate surface area is 128 Å². The van der Waals surface area contributed by atoms with Crippen molar-refractivity contribution in [3.05, 3.63) is 63.4 Å². The van der Waals surface area contributed by atoms with Crippen LogP contribution in [-0.4, -0.2) is 16.9 Å². The third kappa shape index (κ3) is 3.46. The number of carboxylic acids is 1. The molecule has 0 spiro atoms. The molecule has 108 valence electrons. The Morgan fingerprint density at radius 1 is 1.19 bits per heavy atom.